The Hall–Kier alpha value is -2.83. The van der Waals surface area contributed by atoms with Gasteiger partial charge in [-0.2, -0.15) is 4.37 Å². The molecule has 7 nitrogen and oxygen atoms in total. The van der Waals surface area contributed by atoms with Crippen LogP contribution >= 0.6 is 11.5 Å². The first-order chi connectivity index (χ1) is 11.8. The van der Waals surface area contributed by atoms with E-state index in [9.17, 15) is 14.0 Å². The molecule has 1 aliphatic heterocycles. The third-order valence-electron chi connectivity index (χ3n) is 3.41. The summed E-state index contributed by atoms with van der Waals surface area (Å²) in [6.07, 6.45) is 5.09. The molecular weight excluding hydrogens is 347 g/mol. The van der Waals surface area contributed by atoms with Crippen molar-refractivity contribution in [3.05, 3.63) is 35.4 Å². The molecule has 1 saturated heterocycles. The third-order valence-corrected chi connectivity index (χ3v) is 4.16. The summed E-state index contributed by atoms with van der Waals surface area (Å²) in [4.78, 5) is 26.8. The Bertz CT molecular complexity index is 834. The molecule has 3 N–H and O–H groups in total. The van der Waals surface area contributed by atoms with Gasteiger partial charge in [0.25, 0.3) is 11.8 Å². The maximum absolute atomic E-state index is 13.6. The van der Waals surface area contributed by atoms with E-state index in [1.165, 1.54) is 23.1 Å². The summed E-state index contributed by atoms with van der Waals surface area (Å²) in [5.41, 5.74) is 5.75. The summed E-state index contributed by atoms with van der Waals surface area (Å²) in [6, 6.07) is 4.20. The lowest BCUT2D eigenvalue weighted by Gasteiger charge is -2.04. The summed E-state index contributed by atoms with van der Waals surface area (Å²) < 4.78 is 17.3. The highest BCUT2D eigenvalue weighted by Crippen LogP contribution is 2.25. The van der Waals surface area contributed by atoms with Gasteiger partial charge in [-0.05, 0) is 36.2 Å². The number of nitrogens with two attached hydrogens (primary N) is 1. The normalized spacial score (nSPS) is 16.2. The van der Waals surface area contributed by atoms with Gasteiger partial charge in [-0.1, -0.05) is 5.92 Å². The molecule has 1 aromatic heterocycles. The molecule has 1 aromatic carbocycles. The summed E-state index contributed by atoms with van der Waals surface area (Å²) in [6.45, 7) is 0.694. The van der Waals surface area contributed by atoms with Crippen LogP contribution < -0.4 is 5.73 Å². The van der Waals surface area contributed by atoms with Crippen LogP contribution in [0.4, 0.5) is 4.39 Å². The molecule has 1 fully saturated rings. The van der Waals surface area contributed by atoms with Gasteiger partial charge in [-0.25, -0.2) is 9.37 Å². The predicted molar refractivity (Wildman–Crippen MR) is 90.0 cm³/mol. The molecule has 2 amide bonds. The number of amides is 2. The zero-order chi connectivity index (χ0) is 18.6. The molecule has 0 spiro atoms. The lowest BCUT2D eigenvalue weighted by molar-refractivity contribution is -0.133. The maximum atomic E-state index is 13.6. The van der Waals surface area contributed by atoms with Crippen molar-refractivity contribution in [2.24, 2.45) is 5.73 Å². The number of hydrogen-bond acceptors (Lipinski definition) is 6. The molecule has 130 valence electrons. The number of terminal acetylenes is 1. The molecule has 1 aliphatic rings. The van der Waals surface area contributed by atoms with Crippen LogP contribution in [0.1, 0.15) is 22.6 Å². The first kappa shape index (κ1) is 18.5. The van der Waals surface area contributed by atoms with Crippen LogP contribution in [0.3, 0.4) is 0 Å². The maximum Gasteiger partial charge on any atom is 0.287 e. The predicted octanol–water partition coefficient (Wildman–Crippen LogP) is 0.634. The number of aliphatic hydroxyl groups excluding tert-OH is 1. The lowest BCUT2D eigenvalue weighted by atomic mass is 10.1. The summed E-state index contributed by atoms with van der Waals surface area (Å²) in [5, 5.41) is 9.05. The monoisotopic (exact) mass is 362 g/mol. The Morgan fingerprint density at radius 3 is 2.72 bits per heavy atom. The van der Waals surface area contributed by atoms with Crippen molar-refractivity contribution in [3.8, 4) is 22.9 Å². The lowest BCUT2D eigenvalue weighted by Crippen LogP contribution is -2.24. The van der Waals surface area contributed by atoms with E-state index in [-0.39, 0.29) is 22.3 Å². The van der Waals surface area contributed by atoms with Gasteiger partial charge in [-0.3, -0.25) is 9.59 Å². The number of likely N-dealkylation sites (tertiary alicyclic amines) is 1. The number of halogens is 1. The number of primary amides is 1. The number of benzene rings is 1. The fraction of sp³-hybridized carbons (Fsp3) is 0.250. The van der Waals surface area contributed by atoms with Gasteiger partial charge in [0.1, 0.15) is 16.9 Å². The smallest absolute Gasteiger partial charge is 0.287 e. The van der Waals surface area contributed by atoms with Gasteiger partial charge < -0.3 is 15.7 Å². The number of hydrogen-bond donors (Lipinski definition) is 2. The number of likely N-dealkylation sites (N-methyl/N-ethyl adjacent to an activating group) is 1. The quantitative estimate of drug-likeness (QED) is 0.762. The van der Waals surface area contributed by atoms with Crippen molar-refractivity contribution in [1.29, 1.82) is 0 Å². The second-order valence-electron chi connectivity index (χ2n) is 5.19. The fourth-order valence-electron chi connectivity index (χ4n) is 2.02. The topological polar surface area (TPSA) is 109 Å². The third kappa shape index (κ3) is 4.37. The van der Waals surface area contributed by atoms with E-state index >= 15 is 0 Å². The Morgan fingerprint density at radius 1 is 1.56 bits per heavy atom. The standard InChI is InChI=1S/C11H6FN3OS.C5H9NO2/c1-2-6-3-4-8(12)7(5-6)11-14-10(9(13)16)15-17-11;1-6-3-2-4(7)5(6)8/h1,3-5H,(H2,13,16);4,7H,2-3H2,1H3. The Kier molecular flexibility index (Phi) is 5.80. The summed E-state index contributed by atoms with van der Waals surface area (Å²) in [7, 11) is 1.69. The Morgan fingerprint density at radius 2 is 2.28 bits per heavy atom. The van der Waals surface area contributed by atoms with E-state index in [1.54, 1.807) is 7.05 Å². The van der Waals surface area contributed by atoms with Crippen molar-refractivity contribution < 1.29 is 19.1 Å². The molecule has 25 heavy (non-hydrogen) atoms. The highest BCUT2D eigenvalue weighted by Gasteiger charge is 2.26. The van der Waals surface area contributed by atoms with Gasteiger partial charge in [-0.15, -0.1) is 6.42 Å². The number of nitrogens with zero attached hydrogens (tertiary/aromatic N) is 3. The van der Waals surface area contributed by atoms with E-state index in [4.69, 9.17) is 17.3 Å². The van der Waals surface area contributed by atoms with Crippen LogP contribution in [0.15, 0.2) is 18.2 Å². The van der Waals surface area contributed by atoms with Crippen molar-refractivity contribution in [2.45, 2.75) is 12.5 Å². The van der Waals surface area contributed by atoms with E-state index in [2.05, 4.69) is 15.3 Å². The van der Waals surface area contributed by atoms with Crippen LogP contribution in [0.5, 0.6) is 0 Å². The number of carbonyl (C=O) groups is 2. The molecule has 0 radical (unpaired) electrons. The number of rotatable bonds is 2. The summed E-state index contributed by atoms with van der Waals surface area (Å²) in [5.74, 6) is 0.890. The molecule has 0 bridgehead atoms. The number of carbonyl (C=O) groups excluding carboxylic acids is 2. The molecule has 1 atom stereocenters. The SMILES string of the molecule is C#Cc1ccc(F)c(-c2nc(C(N)=O)ns2)c1.CN1CCC(O)C1=O. The van der Waals surface area contributed by atoms with E-state index < -0.39 is 17.8 Å². The first-order valence-corrected chi connectivity index (χ1v) is 7.94. The minimum atomic E-state index is -0.749. The average molecular weight is 362 g/mol. The largest absolute Gasteiger partial charge is 0.383 e. The van der Waals surface area contributed by atoms with E-state index in [1.807, 2.05) is 0 Å². The second-order valence-corrected chi connectivity index (χ2v) is 5.94. The van der Waals surface area contributed by atoms with Crippen LogP contribution in [0.25, 0.3) is 10.6 Å². The van der Waals surface area contributed by atoms with Gasteiger partial charge >= 0.3 is 0 Å². The zero-order valence-electron chi connectivity index (χ0n) is 13.3. The van der Waals surface area contributed by atoms with Crippen molar-refractivity contribution in [1.82, 2.24) is 14.3 Å². The fourth-order valence-corrected chi connectivity index (χ4v) is 2.70. The van der Waals surface area contributed by atoms with Crippen molar-refractivity contribution >= 4 is 23.3 Å². The van der Waals surface area contributed by atoms with Crippen LogP contribution in [0, 0.1) is 18.2 Å². The van der Waals surface area contributed by atoms with Gasteiger partial charge in [0.05, 0.1) is 0 Å². The molecule has 1 unspecified atom stereocenters. The highest BCUT2D eigenvalue weighted by atomic mass is 32.1. The number of aromatic nitrogens is 2. The molecule has 9 heteroatoms. The second kappa shape index (κ2) is 7.83. The van der Waals surface area contributed by atoms with Gasteiger partial charge in [0.2, 0.25) is 5.82 Å². The molecule has 0 aliphatic carbocycles. The molecule has 3 rings (SSSR count). The van der Waals surface area contributed by atoms with Crippen molar-refractivity contribution in [3.63, 3.8) is 0 Å². The van der Waals surface area contributed by atoms with Gasteiger partial charge in [0, 0.05) is 24.7 Å². The van der Waals surface area contributed by atoms with Crippen molar-refractivity contribution in [2.75, 3.05) is 13.6 Å². The van der Waals surface area contributed by atoms with E-state index in [0.29, 0.717) is 18.5 Å². The minimum Gasteiger partial charge on any atom is -0.383 e. The van der Waals surface area contributed by atoms with Gasteiger partial charge in [0.15, 0.2) is 0 Å². The Labute approximate surface area is 147 Å². The van der Waals surface area contributed by atoms with Crippen LogP contribution in [0.2, 0.25) is 0 Å². The number of aliphatic hydroxyl groups is 1. The summed E-state index contributed by atoms with van der Waals surface area (Å²) >= 11 is 0.894. The van der Waals surface area contributed by atoms with E-state index in [0.717, 1.165) is 11.5 Å². The van der Waals surface area contributed by atoms with Crippen LogP contribution in [-0.2, 0) is 4.79 Å². The van der Waals surface area contributed by atoms with Crippen LogP contribution in [-0.4, -0.2) is 50.9 Å². The highest BCUT2D eigenvalue weighted by molar-refractivity contribution is 7.09. The molecule has 0 saturated carbocycles. The molecule has 2 heterocycles. The zero-order valence-corrected chi connectivity index (χ0v) is 14.1. The minimum absolute atomic E-state index is 0.129. The molecule has 2 aromatic rings. The molecular formula is C16H15FN4O3S. The first-order valence-electron chi connectivity index (χ1n) is 7.16. The Balaban J connectivity index is 0.000000236. The average Bonchev–Trinajstić information content (AvgIpc) is 3.19.